The molecule has 2 aromatic rings. The van der Waals surface area contributed by atoms with E-state index in [9.17, 15) is 14.7 Å². The molecule has 0 saturated carbocycles. The van der Waals surface area contributed by atoms with Gasteiger partial charge in [0.25, 0.3) is 0 Å². The van der Waals surface area contributed by atoms with Crippen molar-refractivity contribution in [1.29, 1.82) is 0 Å². The van der Waals surface area contributed by atoms with Gasteiger partial charge in [-0.3, -0.25) is 4.79 Å². The fourth-order valence-corrected chi connectivity index (χ4v) is 1.72. The van der Waals surface area contributed by atoms with Crippen LogP contribution >= 0.6 is 0 Å². The van der Waals surface area contributed by atoms with Crippen molar-refractivity contribution in [2.75, 3.05) is 6.61 Å². The number of benzene rings is 1. The first-order chi connectivity index (χ1) is 8.65. The fourth-order valence-electron chi connectivity index (χ4n) is 1.72. The smallest absolute Gasteiger partial charge is 0.342 e. The molecule has 0 atom stereocenters. The Labute approximate surface area is 103 Å². The molecule has 4 nitrogen and oxygen atoms in total. The van der Waals surface area contributed by atoms with Crippen molar-refractivity contribution >= 4 is 16.7 Å². The Morgan fingerprint density at radius 3 is 2.67 bits per heavy atom. The van der Waals surface area contributed by atoms with Gasteiger partial charge in [-0.2, -0.15) is 0 Å². The molecule has 0 spiro atoms. The standard InChI is InChI=1S/C14H12O4/c1-2-18-14(17)11-8-7-9-5-3-4-6-10(9)12(15)13(11)16/h3-8H,2H2,1H3,(H,15,16). The zero-order valence-corrected chi connectivity index (χ0v) is 9.84. The average molecular weight is 244 g/mol. The fraction of sp³-hybridized carbons (Fsp3) is 0.143. The van der Waals surface area contributed by atoms with E-state index in [2.05, 4.69) is 0 Å². The minimum absolute atomic E-state index is 0.113. The van der Waals surface area contributed by atoms with Crippen LogP contribution in [-0.2, 0) is 4.74 Å². The Bertz CT molecular complexity index is 661. The number of fused-ring (bicyclic) bond motifs is 1. The average Bonchev–Trinajstić information content (AvgIpc) is 2.50. The van der Waals surface area contributed by atoms with Gasteiger partial charge in [0, 0.05) is 5.39 Å². The Balaban J connectivity index is 2.76. The predicted molar refractivity (Wildman–Crippen MR) is 67.8 cm³/mol. The highest BCUT2D eigenvalue weighted by Crippen LogP contribution is 2.17. The lowest BCUT2D eigenvalue weighted by atomic mass is 10.2. The topological polar surface area (TPSA) is 63.6 Å². The molecule has 2 aromatic carbocycles. The van der Waals surface area contributed by atoms with Crippen molar-refractivity contribution < 1.29 is 14.6 Å². The third-order valence-corrected chi connectivity index (χ3v) is 2.60. The summed E-state index contributed by atoms with van der Waals surface area (Å²) in [6.45, 7) is 1.84. The van der Waals surface area contributed by atoms with E-state index >= 15 is 0 Å². The number of esters is 1. The molecule has 0 saturated heterocycles. The molecule has 0 unspecified atom stereocenters. The van der Waals surface area contributed by atoms with Crippen LogP contribution in [-0.4, -0.2) is 17.7 Å². The Morgan fingerprint density at radius 1 is 1.22 bits per heavy atom. The molecule has 0 aromatic heterocycles. The van der Waals surface area contributed by atoms with Crippen LogP contribution in [0.15, 0.2) is 41.2 Å². The Hall–Kier alpha value is -2.36. The van der Waals surface area contributed by atoms with Gasteiger partial charge in [0.15, 0.2) is 5.75 Å². The lowest BCUT2D eigenvalue weighted by molar-refractivity contribution is 0.0523. The number of carbonyl (C=O) groups is 1. The van der Waals surface area contributed by atoms with Crippen LogP contribution < -0.4 is 5.43 Å². The Morgan fingerprint density at radius 2 is 1.94 bits per heavy atom. The zero-order valence-electron chi connectivity index (χ0n) is 9.84. The van der Waals surface area contributed by atoms with Gasteiger partial charge in [-0.05, 0) is 18.4 Å². The largest absolute Gasteiger partial charge is 0.504 e. The number of rotatable bonds is 2. The van der Waals surface area contributed by atoms with Gasteiger partial charge >= 0.3 is 5.97 Å². The minimum atomic E-state index is -0.701. The molecule has 0 aliphatic rings. The Kier molecular flexibility index (Phi) is 3.28. The van der Waals surface area contributed by atoms with E-state index < -0.39 is 17.1 Å². The summed E-state index contributed by atoms with van der Waals surface area (Å²) in [5, 5.41) is 10.9. The highest BCUT2D eigenvalue weighted by Gasteiger charge is 2.14. The third kappa shape index (κ3) is 2.05. The van der Waals surface area contributed by atoms with E-state index in [1.165, 1.54) is 6.07 Å². The van der Waals surface area contributed by atoms with E-state index in [-0.39, 0.29) is 12.2 Å². The lowest BCUT2D eigenvalue weighted by Gasteiger charge is -2.00. The second kappa shape index (κ2) is 4.87. The van der Waals surface area contributed by atoms with Gasteiger partial charge in [-0.25, -0.2) is 4.79 Å². The van der Waals surface area contributed by atoms with Gasteiger partial charge < -0.3 is 9.84 Å². The molecular formula is C14H12O4. The number of hydrogen-bond acceptors (Lipinski definition) is 4. The van der Waals surface area contributed by atoms with E-state index in [0.29, 0.717) is 10.8 Å². The molecule has 0 amide bonds. The van der Waals surface area contributed by atoms with Gasteiger partial charge in [-0.1, -0.05) is 30.3 Å². The van der Waals surface area contributed by atoms with Gasteiger partial charge in [-0.15, -0.1) is 0 Å². The van der Waals surface area contributed by atoms with Gasteiger partial charge in [0.2, 0.25) is 5.43 Å². The summed E-state index contributed by atoms with van der Waals surface area (Å²) in [5.41, 5.74) is -0.684. The van der Waals surface area contributed by atoms with Crippen molar-refractivity contribution in [2.45, 2.75) is 6.92 Å². The molecule has 0 radical (unpaired) electrons. The van der Waals surface area contributed by atoms with Crippen LogP contribution in [0.4, 0.5) is 0 Å². The second-order valence-corrected chi connectivity index (χ2v) is 3.73. The summed E-state index contributed by atoms with van der Waals surface area (Å²) in [4.78, 5) is 23.6. The van der Waals surface area contributed by atoms with E-state index in [0.717, 1.165) is 0 Å². The summed E-state index contributed by atoms with van der Waals surface area (Å²) in [6.07, 6.45) is 0. The molecule has 4 heteroatoms. The highest BCUT2D eigenvalue weighted by atomic mass is 16.5. The minimum Gasteiger partial charge on any atom is -0.504 e. The first-order valence-electron chi connectivity index (χ1n) is 5.57. The van der Waals surface area contributed by atoms with Crippen LogP contribution in [0.1, 0.15) is 17.3 Å². The number of aromatic hydroxyl groups is 1. The summed E-state index contributed by atoms with van der Waals surface area (Å²) in [5.74, 6) is -1.28. The first kappa shape index (κ1) is 12.1. The van der Waals surface area contributed by atoms with Crippen LogP contribution in [0.5, 0.6) is 5.75 Å². The van der Waals surface area contributed by atoms with Gasteiger partial charge in [0.05, 0.1) is 6.61 Å². The van der Waals surface area contributed by atoms with E-state index in [1.807, 2.05) is 0 Å². The van der Waals surface area contributed by atoms with E-state index in [1.54, 1.807) is 37.3 Å². The molecule has 0 aliphatic heterocycles. The van der Waals surface area contributed by atoms with Crippen molar-refractivity contribution in [3.8, 4) is 5.75 Å². The maximum absolute atomic E-state index is 12.0. The maximum Gasteiger partial charge on any atom is 0.342 e. The van der Waals surface area contributed by atoms with Crippen LogP contribution in [0, 0.1) is 0 Å². The number of carbonyl (C=O) groups excluding carboxylic acids is 1. The van der Waals surface area contributed by atoms with Crippen LogP contribution in [0.25, 0.3) is 10.8 Å². The second-order valence-electron chi connectivity index (χ2n) is 3.73. The SMILES string of the molecule is CCOC(=O)c1ccc2ccccc2c(=O)c1O. The quantitative estimate of drug-likeness (QED) is 0.821. The lowest BCUT2D eigenvalue weighted by Crippen LogP contribution is -2.08. The molecule has 92 valence electrons. The van der Waals surface area contributed by atoms with Crippen molar-refractivity contribution in [1.82, 2.24) is 0 Å². The summed E-state index contributed by atoms with van der Waals surface area (Å²) >= 11 is 0. The van der Waals surface area contributed by atoms with E-state index in [4.69, 9.17) is 4.74 Å². The number of hydrogen-bond donors (Lipinski definition) is 1. The number of ether oxygens (including phenoxy) is 1. The highest BCUT2D eigenvalue weighted by molar-refractivity contribution is 5.94. The van der Waals surface area contributed by atoms with Crippen LogP contribution in [0.2, 0.25) is 0 Å². The molecule has 0 heterocycles. The van der Waals surface area contributed by atoms with Gasteiger partial charge in [0.1, 0.15) is 5.56 Å². The third-order valence-electron chi connectivity index (χ3n) is 2.60. The summed E-state index contributed by atoms with van der Waals surface area (Å²) < 4.78 is 4.79. The maximum atomic E-state index is 12.0. The first-order valence-corrected chi connectivity index (χ1v) is 5.57. The van der Waals surface area contributed by atoms with Crippen molar-refractivity contribution in [3.63, 3.8) is 0 Å². The predicted octanol–water partition coefficient (Wildman–Crippen LogP) is 2.08. The zero-order chi connectivity index (χ0) is 13.1. The molecule has 0 aliphatic carbocycles. The molecule has 1 N–H and O–H groups in total. The van der Waals surface area contributed by atoms with Crippen molar-refractivity contribution in [3.05, 3.63) is 52.2 Å². The summed E-state index contributed by atoms with van der Waals surface area (Å²) in [7, 11) is 0. The molecule has 0 bridgehead atoms. The summed E-state index contributed by atoms with van der Waals surface area (Å²) in [6, 6.07) is 9.84. The molecule has 18 heavy (non-hydrogen) atoms. The monoisotopic (exact) mass is 244 g/mol. The van der Waals surface area contributed by atoms with Crippen molar-refractivity contribution in [2.24, 2.45) is 0 Å². The molecule has 0 fully saturated rings. The molecular weight excluding hydrogens is 232 g/mol. The normalized spacial score (nSPS) is 10.3. The van der Waals surface area contributed by atoms with Crippen LogP contribution in [0.3, 0.4) is 0 Å². The molecule has 2 rings (SSSR count).